The maximum absolute atomic E-state index is 15.3. The van der Waals surface area contributed by atoms with Gasteiger partial charge in [0.1, 0.15) is 11.6 Å². The predicted octanol–water partition coefficient (Wildman–Crippen LogP) is 7.32. The second-order valence-electron chi connectivity index (χ2n) is 8.19. The van der Waals surface area contributed by atoms with Gasteiger partial charge in [-0.05, 0) is 97.6 Å². The van der Waals surface area contributed by atoms with Crippen LogP contribution in [0.2, 0.25) is 0 Å². The summed E-state index contributed by atoms with van der Waals surface area (Å²) in [6.45, 7) is 3.79. The number of halogens is 4. The van der Waals surface area contributed by atoms with Crippen LogP contribution < -0.4 is 0 Å². The van der Waals surface area contributed by atoms with E-state index in [2.05, 4.69) is 6.58 Å². The third kappa shape index (κ3) is 3.38. The minimum Gasteiger partial charge on any atom is -0.206 e. The average molecular weight is 388 g/mol. The maximum atomic E-state index is 15.3. The van der Waals surface area contributed by atoms with Gasteiger partial charge in [0.2, 0.25) is 0 Å². The minimum atomic E-state index is -1.10. The highest BCUT2D eigenvalue weighted by Crippen LogP contribution is 2.49. The van der Waals surface area contributed by atoms with Crippen LogP contribution in [-0.4, -0.2) is 0 Å². The molecule has 0 nitrogen and oxygen atoms in total. The summed E-state index contributed by atoms with van der Waals surface area (Å²) >= 11 is 0. The number of hydrogen-bond acceptors (Lipinski definition) is 0. The molecular weight excluding hydrogens is 364 g/mol. The fourth-order valence-corrected chi connectivity index (χ4v) is 5.21. The topological polar surface area (TPSA) is 0 Å². The summed E-state index contributed by atoms with van der Waals surface area (Å²) < 4.78 is 57.0. The number of benzene rings is 2. The van der Waals surface area contributed by atoms with E-state index in [0.29, 0.717) is 23.8 Å². The zero-order valence-corrected chi connectivity index (χ0v) is 15.8. The Labute approximate surface area is 163 Å². The zero-order chi connectivity index (χ0) is 19.8. The highest BCUT2D eigenvalue weighted by Gasteiger charge is 2.37. The molecule has 1 saturated carbocycles. The lowest BCUT2D eigenvalue weighted by atomic mass is 9.64. The molecule has 3 atom stereocenters. The largest absolute Gasteiger partial charge is 0.206 e. The highest BCUT2D eigenvalue weighted by atomic mass is 19.2. The fraction of sp³-hybridized carbons (Fsp3) is 0.417. The Morgan fingerprint density at radius 3 is 2.54 bits per heavy atom. The SMILES string of the molecule is C=CCCC1CCC2c3cc(F)c(-c4ccc(F)c(F)c4)c(F)c3CCC2C1. The molecule has 1 fully saturated rings. The van der Waals surface area contributed by atoms with Crippen molar-refractivity contribution in [3.05, 3.63) is 71.3 Å². The van der Waals surface area contributed by atoms with E-state index in [1.165, 1.54) is 12.1 Å². The highest BCUT2D eigenvalue weighted by molar-refractivity contribution is 5.67. The molecule has 148 valence electrons. The summed E-state index contributed by atoms with van der Waals surface area (Å²) in [4.78, 5) is 0. The van der Waals surface area contributed by atoms with Gasteiger partial charge < -0.3 is 0 Å². The lowest BCUT2D eigenvalue weighted by molar-refractivity contribution is 0.201. The summed E-state index contributed by atoms with van der Waals surface area (Å²) in [6, 6.07) is 4.43. The van der Waals surface area contributed by atoms with Crippen LogP contribution >= 0.6 is 0 Å². The molecule has 0 N–H and O–H groups in total. The summed E-state index contributed by atoms with van der Waals surface area (Å²) in [7, 11) is 0. The number of allylic oxidation sites excluding steroid dienone is 1. The van der Waals surface area contributed by atoms with Crippen LogP contribution in [0.5, 0.6) is 0 Å². The standard InChI is InChI=1S/C24H24F4/c1-2-3-4-14-5-8-17-15(11-14)6-9-18-19(17)13-22(27)23(24(18)28)16-7-10-20(25)21(26)12-16/h2,7,10,12-15,17H,1,3-6,8-9,11H2. The van der Waals surface area contributed by atoms with E-state index in [1.54, 1.807) is 0 Å². The van der Waals surface area contributed by atoms with Crippen molar-refractivity contribution in [1.29, 1.82) is 0 Å². The second kappa shape index (κ2) is 7.73. The summed E-state index contributed by atoms with van der Waals surface area (Å²) in [5.74, 6) is -2.14. The smallest absolute Gasteiger partial charge is 0.159 e. The molecule has 3 unspecified atom stereocenters. The quantitative estimate of drug-likeness (QED) is 0.380. The molecule has 4 rings (SSSR count). The molecule has 2 aromatic carbocycles. The van der Waals surface area contributed by atoms with Crippen molar-refractivity contribution < 1.29 is 17.6 Å². The van der Waals surface area contributed by atoms with E-state index in [-0.39, 0.29) is 17.0 Å². The number of rotatable bonds is 4. The Hall–Kier alpha value is -2.10. The van der Waals surface area contributed by atoms with Gasteiger partial charge in [0.05, 0.1) is 5.56 Å². The van der Waals surface area contributed by atoms with Crippen molar-refractivity contribution >= 4 is 0 Å². The Morgan fingerprint density at radius 2 is 1.79 bits per heavy atom. The molecule has 0 saturated heterocycles. The van der Waals surface area contributed by atoms with E-state index >= 15 is 4.39 Å². The van der Waals surface area contributed by atoms with Crippen molar-refractivity contribution in [2.24, 2.45) is 11.8 Å². The normalized spacial score (nSPS) is 23.8. The van der Waals surface area contributed by atoms with Crippen molar-refractivity contribution in [2.75, 3.05) is 0 Å². The Morgan fingerprint density at radius 1 is 0.964 bits per heavy atom. The van der Waals surface area contributed by atoms with Crippen molar-refractivity contribution in [1.82, 2.24) is 0 Å². The van der Waals surface area contributed by atoms with Gasteiger partial charge in [-0.25, -0.2) is 17.6 Å². The summed E-state index contributed by atoms with van der Waals surface area (Å²) in [5.41, 5.74) is 1.11. The monoisotopic (exact) mass is 388 g/mol. The van der Waals surface area contributed by atoms with E-state index in [0.717, 1.165) is 56.2 Å². The van der Waals surface area contributed by atoms with Crippen molar-refractivity contribution in [3.63, 3.8) is 0 Å². The molecule has 2 aliphatic carbocycles. The van der Waals surface area contributed by atoms with Crippen LogP contribution in [-0.2, 0) is 6.42 Å². The van der Waals surface area contributed by atoms with Gasteiger partial charge in [-0.2, -0.15) is 0 Å². The van der Waals surface area contributed by atoms with E-state index in [9.17, 15) is 13.2 Å². The molecule has 4 heteroatoms. The van der Waals surface area contributed by atoms with Crippen LogP contribution in [0.25, 0.3) is 11.1 Å². The van der Waals surface area contributed by atoms with Crippen LogP contribution in [0.4, 0.5) is 17.6 Å². The van der Waals surface area contributed by atoms with E-state index < -0.39 is 23.3 Å². The van der Waals surface area contributed by atoms with Crippen LogP contribution in [0, 0.1) is 35.1 Å². The van der Waals surface area contributed by atoms with Gasteiger partial charge in [-0.3, -0.25) is 0 Å². The van der Waals surface area contributed by atoms with Crippen molar-refractivity contribution in [3.8, 4) is 11.1 Å². The van der Waals surface area contributed by atoms with E-state index in [4.69, 9.17) is 0 Å². The van der Waals surface area contributed by atoms with Gasteiger partial charge in [-0.1, -0.05) is 12.1 Å². The van der Waals surface area contributed by atoms with Gasteiger partial charge in [0.25, 0.3) is 0 Å². The average Bonchev–Trinajstić information content (AvgIpc) is 2.68. The lowest BCUT2D eigenvalue weighted by Gasteiger charge is -2.41. The second-order valence-corrected chi connectivity index (χ2v) is 8.19. The first-order valence-electron chi connectivity index (χ1n) is 10.1. The first kappa shape index (κ1) is 19.2. The van der Waals surface area contributed by atoms with Gasteiger partial charge in [-0.15, -0.1) is 6.58 Å². The number of hydrogen-bond donors (Lipinski definition) is 0. The molecule has 0 aromatic heterocycles. The van der Waals surface area contributed by atoms with Gasteiger partial charge in [0.15, 0.2) is 11.6 Å². The maximum Gasteiger partial charge on any atom is 0.159 e. The molecule has 0 amide bonds. The first-order valence-corrected chi connectivity index (χ1v) is 10.1. The minimum absolute atomic E-state index is 0.0342. The third-order valence-electron chi connectivity index (χ3n) is 6.60. The molecule has 0 heterocycles. The summed E-state index contributed by atoms with van der Waals surface area (Å²) in [5, 5.41) is 0. The van der Waals surface area contributed by atoms with Crippen LogP contribution in [0.3, 0.4) is 0 Å². The molecule has 2 aliphatic rings. The molecule has 2 aromatic rings. The zero-order valence-electron chi connectivity index (χ0n) is 15.8. The molecule has 28 heavy (non-hydrogen) atoms. The molecule has 0 bridgehead atoms. The van der Waals surface area contributed by atoms with Gasteiger partial charge >= 0.3 is 0 Å². The Balaban J connectivity index is 1.67. The summed E-state index contributed by atoms with van der Waals surface area (Å²) in [6.07, 6.45) is 8.68. The number of fused-ring (bicyclic) bond motifs is 3. The molecule has 0 spiro atoms. The van der Waals surface area contributed by atoms with Crippen molar-refractivity contribution in [2.45, 2.75) is 50.9 Å². The lowest BCUT2D eigenvalue weighted by Crippen LogP contribution is -2.29. The van der Waals surface area contributed by atoms with Gasteiger partial charge in [0, 0.05) is 0 Å². The Bertz CT molecular complexity index is 902. The predicted molar refractivity (Wildman–Crippen MR) is 103 cm³/mol. The molecule has 0 radical (unpaired) electrons. The molecular formula is C24H24F4. The Kier molecular flexibility index (Phi) is 5.31. The van der Waals surface area contributed by atoms with E-state index in [1.807, 2.05) is 6.08 Å². The fourth-order valence-electron chi connectivity index (χ4n) is 5.21. The van der Waals surface area contributed by atoms with Crippen LogP contribution in [0.15, 0.2) is 36.9 Å². The van der Waals surface area contributed by atoms with Crippen LogP contribution in [0.1, 0.15) is 55.6 Å². The first-order chi connectivity index (χ1) is 13.5. The molecule has 0 aliphatic heterocycles. The third-order valence-corrected chi connectivity index (χ3v) is 6.60.